The summed E-state index contributed by atoms with van der Waals surface area (Å²) in [5, 5.41) is 7.44. The molecule has 0 saturated heterocycles. The fourth-order valence-electron chi connectivity index (χ4n) is 1.60. The van der Waals surface area contributed by atoms with E-state index in [9.17, 15) is 0 Å². The van der Waals surface area contributed by atoms with Crippen molar-refractivity contribution < 1.29 is 0 Å². The molecule has 0 bridgehead atoms. The van der Waals surface area contributed by atoms with Crippen LogP contribution in [0.2, 0.25) is 0 Å². The van der Waals surface area contributed by atoms with Crippen molar-refractivity contribution in [1.29, 1.82) is 0 Å². The molecule has 0 radical (unpaired) electrons. The lowest BCUT2D eigenvalue weighted by Gasteiger charge is -2.23. The van der Waals surface area contributed by atoms with Crippen molar-refractivity contribution in [2.45, 2.75) is 33.6 Å². The lowest BCUT2D eigenvalue weighted by Crippen LogP contribution is -2.25. The van der Waals surface area contributed by atoms with Gasteiger partial charge in [-0.1, -0.05) is 20.8 Å². The summed E-state index contributed by atoms with van der Waals surface area (Å²) >= 11 is 0. The Morgan fingerprint density at radius 3 is 2.73 bits per heavy atom. The van der Waals surface area contributed by atoms with E-state index in [0.717, 1.165) is 31.8 Å². The number of aryl methyl sites for hydroxylation is 1. The molecule has 0 fully saturated rings. The molecule has 1 rings (SSSR count). The van der Waals surface area contributed by atoms with E-state index in [2.05, 4.69) is 36.2 Å². The van der Waals surface area contributed by atoms with Crippen LogP contribution >= 0.6 is 0 Å². The van der Waals surface area contributed by atoms with Gasteiger partial charge in [-0.05, 0) is 24.9 Å². The monoisotopic (exact) mass is 210 g/mol. The molecule has 4 heteroatoms. The largest absolute Gasteiger partial charge is 0.317 e. The maximum absolute atomic E-state index is 4.26. The zero-order chi connectivity index (χ0) is 11.3. The highest BCUT2D eigenvalue weighted by Crippen LogP contribution is 2.24. The number of aromatic nitrogens is 3. The highest BCUT2D eigenvalue weighted by atomic mass is 15.3. The van der Waals surface area contributed by atoms with Crippen LogP contribution in [0.5, 0.6) is 0 Å². The molecule has 0 amide bonds. The molecule has 15 heavy (non-hydrogen) atoms. The number of nitrogens with zero attached hydrogens (tertiary/aromatic N) is 3. The molecule has 1 aromatic rings. The first-order chi connectivity index (χ1) is 7.05. The van der Waals surface area contributed by atoms with Gasteiger partial charge in [0.2, 0.25) is 0 Å². The molecule has 0 aromatic carbocycles. The molecular formula is C11H22N4. The quantitative estimate of drug-likeness (QED) is 0.721. The van der Waals surface area contributed by atoms with Crippen molar-refractivity contribution in [2.24, 2.45) is 12.5 Å². The van der Waals surface area contributed by atoms with Crippen LogP contribution in [0, 0.1) is 5.41 Å². The smallest absolute Gasteiger partial charge is 0.138 e. The number of hydrogen-bond donors (Lipinski definition) is 1. The third kappa shape index (κ3) is 4.00. The second kappa shape index (κ2) is 5.26. The van der Waals surface area contributed by atoms with E-state index in [4.69, 9.17) is 0 Å². The van der Waals surface area contributed by atoms with E-state index in [0.29, 0.717) is 0 Å². The second-order valence-corrected chi connectivity index (χ2v) is 4.74. The molecule has 86 valence electrons. The fraction of sp³-hybridized carbons (Fsp3) is 0.818. The zero-order valence-corrected chi connectivity index (χ0v) is 10.2. The summed E-state index contributed by atoms with van der Waals surface area (Å²) in [6.45, 7) is 8.80. The number of hydrogen-bond acceptors (Lipinski definition) is 3. The Labute approximate surface area is 92.1 Å². The average molecular weight is 210 g/mol. The van der Waals surface area contributed by atoms with Crippen LogP contribution < -0.4 is 5.32 Å². The summed E-state index contributed by atoms with van der Waals surface area (Å²) < 4.78 is 1.86. The van der Waals surface area contributed by atoms with Crippen LogP contribution in [0.25, 0.3) is 0 Å². The first kappa shape index (κ1) is 12.2. The van der Waals surface area contributed by atoms with Gasteiger partial charge in [0.05, 0.1) is 0 Å². The minimum absolute atomic E-state index is 0.281. The lowest BCUT2D eigenvalue weighted by molar-refractivity contribution is 0.315. The van der Waals surface area contributed by atoms with Gasteiger partial charge < -0.3 is 5.32 Å². The van der Waals surface area contributed by atoms with Crippen LogP contribution in [0.1, 0.15) is 33.0 Å². The molecule has 0 atom stereocenters. The second-order valence-electron chi connectivity index (χ2n) is 4.74. The first-order valence-corrected chi connectivity index (χ1v) is 5.59. The van der Waals surface area contributed by atoms with Crippen molar-refractivity contribution in [3.05, 3.63) is 12.2 Å². The van der Waals surface area contributed by atoms with Gasteiger partial charge in [-0.25, -0.2) is 4.98 Å². The Hall–Kier alpha value is -0.900. The first-order valence-electron chi connectivity index (χ1n) is 5.59. The molecule has 4 nitrogen and oxygen atoms in total. The Kier molecular flexibility index (Phi) is 4.27. The minimum Gasteiger partial charge on any atom is -0.317 e. The van der Waals surface area contributed by atoms with Gasteiger partial charge in [-0.3, -0.25) is 4.68 Å². The van der Waals surface area contributed by atoms with Gasteiger partial charge in [0, 0.05) is 13.5 Å². The Balaban J connectivity index is 2.45. The molecule has 1 N–H and O–H groups in total. The van der Waals surface area contributed by atoms with E-state index >= 15 is 0 Å². The van der Waals surface area contributed by atoms with Gasteiger partial charge in [-0.2, -0.15) is 5.10 Å². The molecule has 0 aliphatic heterocycles. The zero-order valence-electron chi connectivity index (χ0n) is 10.2. The molecular weight excluding hydrogens is 188 g/mol. The van der Waals surface area contributed by atoms with Crippen molar-refractivity contribution >= 4 is 0 Å². The van der Waals surface area contributed by atoms with Gasteiger partial charge in [0.1, 0.15) is 12.2 Å². The molecule has 0 aliphatic carbocycles. The molecule has 0 aliphatic rings. The van der Waals surface area contributed by atoms with Gasteiger partial charge in [0.25, 0.3) is 0 Å². The maximum Gasteiger partial charge on any atom is 0.138 e. The number of rotatable bonds is 6. The van der Waals surface area contributed by atoms with Crippen molar-refractivity contribution in [3.8, 4) is 0 Å². The Bertz CT molecular complexity index is 291. The van der Waals surface area contributed by atoms with Gasteiger partial charge in [-0.15, -0.1) is 0 Å². The van der Waals surface area contributed by atoms with E-state index in [-0.39, 0.29) is 5.41 Å². The van der Waals surface area contributed by atoms with E-state index in [1.165, 1.54) is 0 Å². The predicted octanol–water partition coefficient (Wildman–Crippen LogP) is 1.38. The number of nitrogens with one attached hydrogen (secondary N) is 1. The lowest BCUT2D eigenvalue weighted by atomic mass is 9.85. The topological polar surface area (TPSA) is 42.7 Å². The van der Waals surface area contributed by atoms with E-state index in [1.54, 1.807) is 6.33 Å². The third-order valence-corrected chi connectivity index (χ3v) is 2.67. The molecule has 0 spiro atoms. The highest BCUT2D eigenvalue weighted by molar-refractivity contribution is 4.90. The summed E-state index contributed by atoms with van der Waals surface area (Å²) in [5.41, 5.74) is 0.281. The van der Waals surface area contributed by atoms with Crippen LogP contribution in [0.3, 0.4) is 0 Å². The van der Waals surface area contributed by atoms with E-state index in [1.807, 2.05) is 11.7 Å². The van der Waals surface area contributed by atoms with Gasteiger partial charge >= 0.3 is 0 Å². The van der Waals surface area contributed by atoms with Gasteiger partial charge in [0.15, 0.2) is 0 Å². The summed E-state index contributed by atoms with van der Waals surface area (Å²) in [4.78, 5) is 4.26. The van der Waals surface area contributed by atoms with Crippen LogP contribution in [0.4, 0.5) is 0 Å². The highest BCUT2D eigenvalue weighted by Gasteiger charge is 2.20. The maximum atomic E-state index is 4.26. The van der Waals surface area contributed by atoms with E-state index < -0.39 is 0 Å². The van der Waals surface area contributed by atoms with Crippen molar-refractivity contribution in [1.82, 2.24) is 20.1 Å². The Morgan fingerprint density at radius 2 is 2.20 bits per heavy atom. The van der Waals surface area contributed by atoms with Crippen molar-refractivity contribution in [2.75, 3.05) is 13.1 Å². The SMILES string of the molecule is CCNCCC(C)(C)Cc1ncnn1C. The predicted molar refractivity (Wildman–Crippen MR) is 61.6 cm³/mol. The van der Waals surface area contributed by atoms with Crippen LogP contribution in [-0.2, 0) is 13.5 Å². The molecule has 0 unspecified atom stereocenters. The summed E-state index contributed by atoms with van der Waals surface area (Å²) in [6, 6.07) is 0. The average Bonchev–Trinajstić information content (AvgIpc) is 2.51. The minimum atomic E-state index is 0.281. The third-order valence-electron chi connectivity index (χ3n) is 2.67. The molecule has 0 saturated carbocycles. The summed E-state index contributed by atoms with van der Waals surface area (Å²) in [6.07, 6.45) is 3.76. The molecule has 1 heterocycles. The molecule has 1 aromatic heterocycles. The van der Waals surface area contributed by atoms with Crippen molar-refractivity contribution in [3.63, 3.8) is 0 Å². The summed E-state index contributed by atoms with van der Waals surface area (Å²) in [5.74, 6) is 1.07. The standard InChI is InChI=1S/C11H22N4/c1-5-12-7-6-11(2,3)8-10-13-9-14-15(10)4/h9,12H,5-8H2,1-4H3. The summed E-state index contributed by atoms with van der Waals surface area (Å²) in [7, 11) is 1.95. The fourth-order valence-corrected chi connectivity index (χ4v) is 1.60. The van der Waals surface area contributed by atoms with Crippen LogP contribution in [-0.4, -0.2) is 27.9 Å². The normalized spacial score (nSPS) is 12.0. The Morgan fingerprint density at radius 1 is 1.47 bits per heavy atom. The van der Waals surface area contributed by atoms with Crippen LogP contribution in [0.15, 0.2) is 6.33 Å².